The highest BCUT2D eigenvalue weighted by Crippen LogP contribution is 2.22. The summed E-state index contributed by atoms with van der Waals surface area (Å²) in [6, 6.07) is 3.78. The van der Waals surface area contributed by atoms with Gasteiger partial charge in [0.25, 0.3) is 0 Å². The number of aliphatic hydroxyl groups excluding tert-OH is 1. The zero-order valence-electron chi connectivity index (χ0n) is 11.3. The summed E-state index contributed by atoms with van der Waals surface area (Å²) >= 11 is 7.34. The quantitative estimate of drug-likeness (QED) is 0.846. The van der Waals surface area contributed by atoms with E-state index in [1.54, 1.807) is 0 Å². The summed E-state index contributed by atoms with van der Waals surface area (Å²) in [5, 5.41) is 12.8. The molecule has 2 rings (SSSR count). The van der Waals surface area contributed by atoms with E-state index in [0.717, 1.165) is 22.1 Å². The van der Waals surface area contributed by atoms with Crippen LogP contribution < -0.4 is 5.32 Å². The predicted molar refractivity (Wildman–Crippen MR) is 80.2 cm³/mol. The lowest BCUT2D eigenvalue weighted by atomic mass is 9.94. The molecule has 1 aromatic heterocycles. The molecule has 1 atom stereocenters. The highest BCUT2D eigenvalue weighted by Gasteiger charge is 2.22. The van der Waals surface area contributed by atoms with Crippen molar-refractivity contribution in [2.45, 2.75) is 31.8 Å². The fourth-order valence-corrected chi connectivity index (χ4v) is 3.38. The Bertz CT molecular complexity index is 432. The molecule has 0 spiro atoms. The molecule has 1 fully saturated rings. The standard InChI is InChI=1S/C14H20ClNO3S/c15-13-3-1-11(20-13)2-4-14(18)16-9-12(17)10-5-7-19-8-6-10/h1,3,10,12,17H,2,4-9H2,(H,16,18)/t12-/m1/s1. The smallest absolute Gasteiger partial charge is 0.220 e. The van der Waals surface area contributed by atoms with Crippen LogP contribution >= 0.6 is 22.9 Å². The number of thiophene rings is 1. The molecule has 1 saturated heterocycles. The average molecular weight is 318 g/mol. The Hall–Kier alpha value is -0.620. The molecule has 112 valence electrons. The van der Waals surface area contributed by atoms with Gasteiger partial charge in [-0.05, 0) is 37.3 Å². The van der Waals surface area contributed by atoms with E-state index < -0.39 is 6.10 Å². The Labute approximate surface area is 128 Å². The van der Waals surface area contributed by atoms with E-state index in [4.69, 9.17) is 16.3 Å². The summed E-state index contributed by atoms with van der Waals surface area (Å²) in [4.78, 5) is 12.8. The second-order valence-electron chi connectivity index (χ2n) is 5.03. The van der Waals surface area contributed by atoms with Crippen LogP contribution in [0, 0.1) is 5.92 Å². The third-order valence-electron chi connectivity index (χ3n) is 3.55. The van der Waals surface area contributed by atoms with E-state index in [9.17, 15) is 9.90 Å². The molecule has 1 aliphatic rings. The van der Waals surface area contributed by atoms with Crippen molar-refractivity contribution in [3.63, 3.8) is 0 Å². The normalized spacial score (nSPS) is 17.9. The van der Waals surface area contributed by atoms with Crippen molar-refractivity contribution in [1.29, 1.82) is 0 Å². The van der Waals surface area contributed by atoms with Gasteiger partial charge in [-0.2, -0.15) is 0 Å². The van der Waals surface area contributed by atoms with Crippen molar-refractivity contribution < 1.29 is 14.6 Å². The number of carbonyl (C=O) groups is 1. The Morgan fingerprint density at radius 3 is 2.90 bits per heavy atom. The first-order chi connectivity index (χ1) is 9.65. The minimum Gasteiger partial charge on any atom is -0.391 e. The minimum atomic E-state index is -0.473. The van der Waals surface area contributed by atoms with Crippen molar-refractivity contribution in [3.05, 3.63) is 21.3 Å². The maximum absolute atomic E-state index is 11.7. The van der Waals surface area contributed by atoms with Gasteiger partial charge in [-0.15, -0.1) is 11.3 Å². The molecule has 0 unspecified atom stereocenters. The summed E-state index contributed by atoms with van der Waals surface area (Å²) < 4.78 is 6.00. The number of aliphatic hydroxyl groups is 1. The molecule has 6 heteroatoms. The number of rotatable bonds is 6. The largest absolute Gasteiger partial charge is 0.391 e. The van der Waals surface area contributed by atoms with Gasteiger partial charge < -0.3 is 15.2 Å². The lowest BCUT2D eigenvalue weighted by Gasteiger charge is -2.26. The second-order valence-corrected chi connectivity index (χ2v) is 6.83. The van der Waals surface area contributed by atoms with Gasteiger partial charge >= 0.3 is 0 Å². The Morgan fingerprint density at radius 1 is 1.50 bits per heavy atom. The van der Waals surface area contributed by atoms with Crippen LogP contribution in [-0.4, -0.2) is 36.9 Å². The number of halogens is 1. The summed E-state index contributed by atoms with van der Waals surface area (Å²) in [7, 11) is 0. The predicted octanol–water partition coefficient (Wildman–Crippen LogP) is 2.24. The molecule has 0 radical (unpaired) electrons. The number of aryl methyl sites for hydroxylation is 1. The lowest BCUT2D eigenvalue weighted by molar-refractivity contribution is -0.121. The van der Waals surface area contributed by atoms with Crippen LogP contribution in [0.15, 0.2) is 12.1 Å². The average Bonchev–Trinajstić information content (AvgIpc) is 2.89. The molecule has 20 heavy (non-hydrogen) atoms. The van der Waals surface area contributed by atoms with Crippen LogP contribution in [0.25, 0.3) is 0 Å². The maximum atomic E-state index is 11.7. The zero-order chi connectivity index (χ0) is 14.4. The molecular weight excluding hydrogens is 298 g/mol. The topological polar surface area (TPSA) is 58.6 Å². The Morgan fingerprint density at radius 2 is 2.25 bits per heavy atom. The van der Waals surface area contributed by atoms with Gasteiger partial charge in [0.2, 0.25) is 5.91 Å². The van der Waals surface area contributed by atoms with Gasteiger partial charge in [-0.3, -0.25) is 4.79 Å². The van der Waals surface area contributed by atoms with Gasteiger partial charge in [-0.25, -0.2) is 0 Å². The molecular formula is C14H20ClNO3S. The first kappa shape index (κ1) is 15.8. The second kappa shape index (κ2) is 7.98. The van der Waals surface area contributed by atoms with Gasteiger partial charge in [0.15, 0.2) is 0 Å². The van der Waals surface area contributed by atoms with Gasteiger partial charge in [0.1, 0.15) is 0 Å². The first-order valence-corrected chi connectivity index (χ1v) is 8.11. The van der Waals surface area contributed by atoms with E-state index in [0.29, 0.717) is 32.6 Å². The molecule has 1 aliphatic heterocycles. The van der Waals surface area contributed by atoms with Crippen molar-refractivity contribution in [3.8, 4) is 0 Å². The maximum Gasteiger partial charge on any atom is 0.220 e. The van der Waals surface area contributed by atoms with Crippen molar-refractivity contribution in [2.24, 2.45) is 5.92 Å². The summed E-state index contributed by atoms with van der Waals surface area (Å²) in [5.41, 5.74) is 0. The van der Waals surface area contributed by atoms with E-state index in [2.05, 4.69) is 5.32 Å². The number of ether oxygens (including phenoxy) is 1. The Balaban J connectivity index is 1.64. The van der Waals surface area contributed by atoms with Crippen LogP contribution in [0.3, 0.4) is 0 Å². The lowest BCUT2D eigenvalue weighted by Crippen LogP contribution is -2.38. The molecule has 4 nitrogen and oxygen atoms in total. The van der Waals surface area contributed by atoms with E-state index in [1.807, 2.05) is 12.1 Å². The molecule has 1 aromatic rings. The van der Waals surface area contributed by atoms with Crippen molar-refractivity contribution >= 4 is 28.8 Å². The van der Waals surface area contributed by atoms with E-state index >= 15 is 0 Å². The number of nitrogens with one attached hydrogen (secondary N) is 1. The third kappa shape index (κ3) is 5.05. The van der Waals surface area contributed by atoms with Crippen LogP contribution in [0.2, 0.25) is 4.34 Å². The van der Waals surface area contributed by atoms with E-state index in [1.165, 1.54) is 11.3 Å². The fourth-order valence-electron chi connectivity index (χ4n) is 2.30. The number of amides is 1. The number of carbonyl (C=O) groups excluding carboxylic acids is 1. The molecule has 0 aromatic carbocycles. The van der Waals surface area contributed by atoms with E-state index in [-0.39, 0.29) is 11.8 Å². The molecule has 2 heterocycles. The highest BCUT2D eigenvalue weighted by atomic mass is 35.5. The summed E-state index contributed by atoms with van der Waals surface area (Å²) in [6.07, 6.45) is 2.38. The van der Waals surface area contributed by atoms with Crippen molar-refractivity contribution in [2.75, 3.05) is 19.8 Å². The van der Waals surface area contributed by atoms with Crippen LogP contribution in [-0.2, 0) is 16.0 Å². The fraction of sp³-hybridized carbons (Fsp3) is 0.643. The number of hydrogen-bond donors (Lipinski definition) is 2. The van der Waals surface area contributed by atoms with Gasteiger partial charge in [0.05, 0.1) is 10.4 Å². The molecule has 1 amide bonds. The van der Waals surface area contributed by atoms with Crippen molar-refractivity contribution in [1.82, 2.24) is 5.32 Å². The molecule has 0 aliphatic carbocycles. The summed E-state index contributed by atoms with van der Waals surface area (Å²) in [6.45, 7) is 1.73. The van der Waals surface area contributed by atoms with Gasteiger partial charge in [-0.1, -0.05) is 11.6 Å². The Kier molecular flexibility index (Phi) is 6.29. The van der Waals surface area contributed by atoms with Crippen LogP contribution in [0.1, 0.15) is 24.1 Å². The van der Waals surface area contributed by atoms with Crippen LogP contribution in [0.4, 0.5) is 0 Å². The molecule has 2 N–H and O–H groups in total. The zero-order valence-corrected chi connectivity index (χ0v) is 12.9. The minimum absolute atomic E-state index is 0.0272. The number of hydrogen-bond acceptors (Lipinski definition) is 4. The SMILES string of the molecule is O=C(CCc1ccc(Cl)s1)NC[C@@H](O)C1CCOCC1. The highest BCUT2D eigenvalue weighted by molar-refractivity contribution is 7.16. The van der Waals surface area contributed by atoms with Crippen LogP contribution in [0.5, 0.6) is 0 Å². The monoisotopic (exact) mass is 317 g/mol. The molecule has 0 saturated carbocycles. The van der Waals surface area contributed by atoms with Gasteiger partial charge in [0, 0.05) is 31.1 Å². The first-order valence-electron chi connectivity index (χ1n) is 6.92. The summed E-state index contributed by atoms with van der Waals surface area (Å²) in [5.74, 6) is 0.209. The third-order valence-corrected chi connectivity index (χ3v) is 4.84. The molecule has 0 bridgehead atoms.